The molecule has 1 aromatic carbocycles. The zero-order chi connectivity index (χ0) is 22.8. The summed E-state index contributed by atoms with van der Waals surface area (Å²) < 4.78 is 0. The third-order valence-electron chi connectivity index (χ3n) is 7.93. The van der Waals surface area contributed by atoms with E-state index in [-0.39, 0.29) is 53.0 Å². The molecule has 2 amide bonds. The van der Waals surface area contributed by atoms with E-state index in [1.807, 2.05) is 51.1 Å². The summed E-state index contributed by atoms with van der Waals surface area (Å²) in [5, 5.41) is 17.7. The molecule has 2 saturated carbocycles. The molecule has 0 radical (unpaired) electrons. The quantitative estimate of drug-likeness (QED) is 0.646. The maximum Gasteiger partial charge on any atom is 0.224 e. The Morgan fingerprint density at radius 1 is 1.13 bits per heavy atom. The monoisotopic (exact) mass is 428 g/mol. The van der Waals surface area contributed by atoms with Crippen LogP contribution in [0.4, 0.5) is 0 Å². The lowest BCUT2D eigenvalue weighted by Crippen LogP contribution is -2.58. The molecule has 2 aliphatic rings. The van der Waals surface area contributed by atoms with Crippen molar-refractivity contribution in [2.75, 3.05) is 0 Å². The summed E-state index contributed by atoms with van der Waals surface area (Å²) in [5.74, 6) is 0.0465. The number of amides is 2. The molecule has 0 aromatic heterocycles. The van der Waals surface area contributed by atoms with Crippen molar-refractivity contribution in [3.05, 3.63) is 35.9 Å². The molecule has 0 heterocycles. The lowest BCUT2D eigenvalue weighted by molar-refractivity contribution is -0.144. The van der Waals surface area contributed by atoms with Crippen molar-refractivity contribution in [2.24, 2.45) is 29.1 Å². The van der Waals surface area contributed by atoms with Gasteiger partial charge in [-0.15, -0.1) is 0 Å². The minimum atomic E-state index is -0.532. The molecule has 5 nitrogen and oxygen atoms in total. The van der Waals surface area contributed by atoms with Crippen LogP contribution >= 0.6 is 0 Å². The number of nitrogens with one attached hydrogen (secondary N) is 2. The summed E-state index contributed by atoms with van der Waals surface area (Å²) in [6, 6.07) is 9.95. The molecule has 3 rings (SSSR count). The summed E-state index contributed by atoms with van der Waals surface area (Å²) >= 11 is 0. The SMILES string of the molecule is CC(C)NC(=O)[C@@H](C)[C@H]1CC[C@]2(C)CC[C@H](NC(=O)Cc3ccccc3)[C@H](C)[C@@H]2[C@H]1O. The molecule has 0 saturated heterocycles. The molecule has 5 heteroatoms. The smallest absolute Gasteiger partial charge is 0.224 e. The van der Waals surface area contributed by atoms with Gasteiger partial charge in [0.1, 0.15) is 0 Å². The average Bonchev–Trinajstić information content (AvgIpc) is 2.70. The van der Waals surface area contributed by atoms with Crippen molar-refractivity contribution < 1.29 is 14.7 Å². The molecule has 0 spiro atoms. The second-order valence-electron chi connectivity index (χ2n) is 10.6. The van der Waals surface area contributed by atoms with Gasteiger partial charge in [0.25, 0.3) is 0 Å². The van der Waals surface area contributed by atoms with Crippen molar-refractivity contribution in [1.29, 1.82) is 0 Å². The van der Waals surface area contributed by atoms with E-state index in [1.54, 1.807) is 0 Å². The minimum absolute atomic E-state index is 0.0267. The topological polar surface area (TPSA) is 78.4 Å². The van der Waals surface area contributed by atoms with E-state index < -0.39 is 6.10 Å². The largest absolute Gasteiger partial charge is 0.392 e. The van der Waals surface area contributed by atoms with Crippen molar-refractivity contribution >= 4 is 11.8 Å². The minimum Gasteiger partial charge on any atom is -0.392 e. The summed E-state index contributed by atoms with van der Waals surface area (Å²) in [7, 11) is 0. The molecule has 0 bridgehead atoms. The molecule has 31 heavy (non-hydrogen) atoms. The molecule has 1 aromatic rings. The molecular formula is C26H40N2O3. The van der Waals surface area contributed by atoms with Gasteiger partial charge < -0.3 is 15.7 Å². The molecule has 2 fully saturated rings. The van der Waals surface area contributed by atoms with E-state index in [1.165, 1.54) is 0 Å². The first-order chi connectivity index (χ1) is 14.6. The van der Waals surface area contributed by atoms with Crippen molar-refractivity contribution in [2.45, 2.75) is 84.9 Å². The first-order valence-corrected chi connectivity index (χ1v) is 11.9. The molecular weight excluding hydrogens is 388 g/mol. The zero-order valence-corrected chi connectivity index (χ0v) is 19.7. The number of aliphatic hydroxyl groups is 1. The summed E-state index contributed by atoms with van der Waals surface area (Å²) in [4.78, 5) is 25.3. The number of aliphatic hydroxyl groups excluding tert-OH is 1. The Morgan fingerprint density at radius 3 is 2.42 bits per heavy atom. The predicted molar refractivity (Wildman–Crippen MR) is 123 cm³/mol. The number of fused-ring (bicyclic) bond motifs is 1. The van der Waals surface area contributed by atoms with Gasteiger partial charge in [0.2, 0.25) is 11.8 Å². The van der Waals surface area contributed by atoms with E-state index in [4.69, 9.17) is 0 Å². The fourth-order valence-corrected chi connectivity index (χ4v) is 6.15. The summed E-state index contributed by atoms with van der Waals surface area (Å²) in [5.41, 5.74) is 1.07. The number of rotatable bonds is 6. The highest BCUT2D eigenvalue weighted by atomic mass is 16.3. The van der Waals surface area contributed by atoms with Gasteiger partial charge in [-0.3, -0.25) is 9.59 Å². The summed E-state index contributed by atoms with van der Waals surface area (Å²) in [6.45, 7) is 10.3. The number of benzene rings is 1. The first kappa shape index (κ1) is 23.8. The van der Waals surface area contributed by atoms with Crippen LogP contribution in [0.2, 0.25) is 0 Å². The van der Waals surface area contributed by atoms with Crippen LogP contribution in [-0.2, 0) is 16.0 Å². The third kappa shape index (κ3) is 5.31. The molecule has 172 valence electrons. The second-order valence-corrected chi connectivity index (χ2v) is 10.6. The lowest BCUT2D eigenvalue weighted by Gasteiger charge is -2.56. The molecule has 0 unspecified atom stereocenters. The van der Waals surface area contributed by atoms with Crippen molar-refractivity contribution in [3.8, 4) is 0 Å². The number of hydrogen-bond acceptors (Lipinski definition) is 3. The highest BCUT2D eigenvalue weighted by molar-refractivity contribution is 5.79. The molecule has 0 aliphatic heterocycles. The first-order valence-electron chi connectivity index (χ1n) is 11.9. The third-order valence-corrected chi connectivity index (χ3v) is 7.93. The highest BCUT2D eigenvalue weighted by Gasteiger charge is 2.53. The maximum absolute atomic E-state index is 12.7. The number of carbonyl (C=O) groups is 2. The Bertz CT molecular complexity index is 765. The second kappa shape index (κ2) is 9.72. The van der Waals surface area contributed by atoms with Crippen LogP contribution in [0, 0.1) is 29.1 Å². The Balaban J connectivity index is 1.69. The van der Waals surface area contributed by atoms with Crippen molar-refractivity contribution in [3.63, 3.8) is 0 Å². The van der Waals surface area contributed by atoms with E-state index in [9.17, 15) is 14.7 Å². The van der Waals surface area contributed by atoms with Crippen LogP contribution in [-0.4, -0.2) is 35.1 Å². The maximum atomic E-state index is 12.7. The van der Waals surface area contributed by atoms with Gasteiger partial charge in [0.15, 0.2) is 0 Å². The van der Waals surface area contributed by atoms with E-state index in [2.05, 4.69) is 24.5 Å². The van der Waals surface area contributed by atoms with Gasteiger partial charge in [-0.1, -0.05) is 51.1 Å². The van der Waals surface area contributed by atoms with Crippen LogP contribution in [0.5, 0.6) is 0 Å². The summed E-state index contributed by atoms with van der Waals surface area (Å²) in [6.07, 6.45) is 3.68. The van der Waals surface area contributed by atoms with Crippen LogP contribution in [0.3, 0.4) is 0 Å². The van der Waals surface area contributed by atoms with Gasteiger partial charge in [0.05, 0.1) is 12.5 Å². The number of hydrogen-bond donors (Lipinski definition) is 3. The number of carbonyl (C=O) groups excluding carboxylic acids is 2. The molecule has 7 atom stereocenters. The molecule has 2 aliphatic carbocycles. The van der Waals surface area contributed by atoms with Crippen LogP contribution < -0.4 is 10.6 Å². The lowest BCUT2D eigenvalue weighted by atomic mass is 9.51. The van der Waals surface area contributed by atoms with Crippen LogP contribution in [0.15, 0.2) is 30.3 Å². The zero-order valence-electron chi connectivity index (χ0n) is 19.7. The highest BCUT2D eigenvalue weighted by Crippen LogP contribution is 2.55. The van der Waals surface area contributed by atoms with Gasteiger partial charge in [-0.2, -0.15) is 0 Å². The fourth-order valence-electron chi connectivity index (χ4n) is 6.15. The Morgan fingerprint density at radius 2 is 1.77 bits per heavy atom. The predicted octanol–water partition coefficient (Wildman–Crippen LogP) is 3.70. The Kier molecular flexibility index (Phi) is 7.46. The Hall–Kier alpha value is -1.88. The van der Waals surface area contributed by atoms with Gasteiger partial charge in [-0.25, -0.2) is 0 Å². The fraction of sp³-hybridized carbons (Fsp3) is 0.692. The van der Waals surface area contributed by atoms with Gasteiger partial charge in [-0.05, 0) is 68.3 Å². The van der Waals surface area contributed by atoms with E-state index >= 15 is 0 Å². The Labute approximate surface area is 187 Å². The van der Waals surface area contributed by atoms with Gasteiger partial charge in [0, 0.05) is 18.0 Å². The average molecular weight is 429 g/mol. The molecule has 3 N–H and O–H groups in total. The van der Waals surface area contributed by atoms with Crippen LogP contribution in [0.25, 0.3) is 0 Å². The normalized spacial score (nSPS) is 34.0. The van der Waals surface area contributed by atoms with E-state index in [0.717, 1.165) is 31.2 Å². The van der Waals surface area contributed by atoms with Crippen molar-refractivity contribution in [1.82, 2.24) is 10.6 Å². The van der Waals surface area contributed by atoms with Crippen LogP contribution in [0.1, 0.15) is 65.9 Å². The van der Waals surface area contributed by atoms with E-state index in [0.29, 0.717) is 6.42 Å². The standard InChI is InChI=1S/C26H40N2O3/c1-16(2)27-25(31)17(3)20-11-13-26(5)14-12-21(18(4)23(26)24(20)30)28-22(29)15-19-9-7-6-8-10-19/h6-10,16-18,20-21,23-24,30H,11-15H2,1-5H3,(H,27,31)(H,28,29)/t17-,18-,20+,21-,23+,24-,26+/m0/s1. The van der Waals surface area contributed by atoms with Gasteiger partial charge >= 0.3 is 0 Å².